The fourth-order valence-electron chi connectivity index (χ4n) is 6.62. The van der Waals surface area contributed by atoms with Crippen molar-refractivity contribution in [2.45, 2.75) is 213 Å². The zero-order valence-corrected chi connectivity index (χ0v) is 42.1. The molecule has 0 rings (SSSR count). The summed E-state index contributed by atoms with van der Waals surface area (Å²) < 4.78 is 16.7. The van der Waals surface area contributed by atoms with Gasteiger partial charge in [-0.15, -0.1) is 0 Å². The molecule has 66 heavy (non-hydrogen) atoms. The molecule has 370 valence electrons. The van der Waals surface area contributed by atoms with Crippen molar-refractivity contribution in [1.82, 2.24) is 0 Å². The van der Waals surface area contributed by atoms with Crippen LogP contribution in [0.5, 0.6) is 0 Å². The van der Waals surface area contributed by atoms with E-state index in [4.69, 9.17) is 14.2 Å². The standard InChI is InChI=1S/C60H94O6/c1-4-7-10-13-16-19-22-25-28-30-33-35-38-41-44-47-50-53-59(62)65-56-57(55-64-58(61)52-49-46-43-40-37-34-31-27-24-21-18-15-12-9-6-3)66-60(63)54-51-48-45-42-39-36-32-29-26-23-20-17-14-11-8-5-2/h8-9,11-12,15,17-18,20-21,24-29,31,34,36-37,39,45,48,57H,4-7,10,13-14,16,19,22-23,30,32-33,35,38,40-44,46-47,49-56H2,1-3H3/b11-8-,12-9-,18-15-,20-17-,24-21-,28-25-,29-26-,31-27-,37-34-,39-36-,48-45-. The molecule has 0 bridgehead atoms. The predicted molar refractivity (Wildman–Crippen MR) is 283 cm³/mol. The summed E-state index contributed by atoms with van der Waals surface area (Å²) >= 11 is 0. The van der Waals surface area contributed by atoms with E-state index in [-0.39, 0.29) is 38.0 Å². The first kappa shape index (κ1) is 61.5. The summed E-state index contributed by atoms with van der Waals surface area (Å²) in [5.41, 5.74) is 0. The molecule has 0 spiro atoms. The first-order chi connectivity index (χ1) is 32.5. The van der Waals surface area contributed by atoms with Crippen LogP contribution in [-0.4, -0.2) is 37.2 Å². The Hall–Kier alpha value is -4.45. The van der Waals surface area contributed by atoms with E-state index in [2.05, 4.69) is 93.7 Å². The first-order valence-corrected chi connectivity index (χ1v) is 26.3. The Morgan fingerprint density at radius 1 is 0.333 bits per heavy atom. The number of carbonyl (C=O) groups is 3. The number of allylic oxidation sites excluding steroid dienone is 22. The van der Waals surface area contributed by atoms with Crippen LogP contribution in [0.1, 0.15) is 207 Å². The molecule has 0 saturated heterocycles. The summed E-state index contributed by atoms with van der Waals surface area (Å²) in [6, 6.07) is 0. The van der Waals surface area contributed by atoms with Crippen molar-refractivity contribution in [2.75, 3.05) is 13.2 Å². The first-order valence-electron chi connectivity index (χ1n) is 26.3. The van der Waals surface area contributed by atoms with Crippen molar-refractivity contribution in [3.63, 3.8) is 0 Å². The van der Waals surface area contributed by atoms with Gasteiger partial charge in [-0.05, 0) is 96.3 Å². The lowest BCUT2D eigenvalue weighted by Crippen LogP contribution is -2.30. The molecule has 0 aromatic rings. The highest BCUT2D eigenvalue weighted by Gasteiger charge is 2.19. The summed E-state index contributed by atoms with van der Waals surface area (Å²) in [6.45, 7) is 6.25. The van der Waals surface area contributed by atoms with Crippen molar-refractivity contribution in [1.29, 1.82) is 0 Å². The second-order valence-electron chi connectivity index (χ2n) is 16.8. The summed E-state index contributed by atoms with van der Waals surface area (Å²) in [7, 11) is 0. The minimum atomic E-state index is -0.842. The van der Waals surface area contributed by atoms with Crippen LogP contribution in [0.2, 0.25) is 0 Å². The average Bonchev–Trinajstić information content (AvgIpc) is 3.31. The van der Waals surface area contributed by atoms with Gasteiger partial charge in [0.2, 0.25) is 0 Å². The Bertz CT molecular complexity index is 1460. The van der Waals surface area contributed by atoms with Crippen LogP contribution in [-0.2, 0) is 28.6 Å². The molecule has 0 aromatic heterocycles. The maximum Gasteiger partial charge on any atom is 0.306 e. The minimum Gasteiger partial charge on any atom is -0.462 e. The molecular weight excluding hydrogens is 817 g/mol. The highest BCUT2D eigenvalue weighted by atomic mass is 16.6. The number of rotatable bonds is 45. The van der Waals surface area contributed by atoms with E-state index in [1.165, 1.54) is 77.0 Å². The largest absolute Gasteiger partial charge is 0.462 e. The fourth-order valence-corrected chi connectivity index (χ4v) is 6.62. The maximum absolute atomic E-state index is 12.8. The van der Waals surface area contributed by atoms with Crippen LogP contribution in [0.25, 0.3) is 0 Å². The van der Waals surface area contributed by atoms with E-state index in [9.17, 15) is 14.4 Å². The van der Waals surface area contributed by atoms with E-state index in [1.807, 2.05) is 60.8 Å². The van der Waals surface area contributed by atoms with Gasteiger partial charge in [-0.2, -0.15) is 0 Å². The fraction of sp³-hybridized carbons (Fsp3) is 0.583. The Kier molecular flexibility index (Phi) is 49.6. The highest BCUT2D eigenvalue weighted by molar-refractivity contribution is 5.71. The number of esters is 3. The van der Waals surface area contributed by atoms with Crippen molar-refractivity contribution in [3.05, 3.63) is 134 Å². The van der Waals surface area contributed by atoms with Crippen LogP contribution in [0.3, 0.4) is 0 Å². The molecule has 0 aliphatic rings. The molecule has 6 nitrogen and oxygen atoms in total. The maximum atomic E-state index is 12.8. The summed E-state index contributed by atoms with van der Waals surface area (Å²) in [6.07, 6.45) is 74.5. The molecule has 0 radical (unpaired) electrons. The Morgan fingerprint density at radius 3 is 1.18 bits per heavy atom. The van der Waals surface area contributed by atoms with Crippen LogP contribution >= 0.6 is 0 Å². The molecular formula is C60H94O6. The zero-order valence-electron chi connectivity index (χ0n) is 42.1. The third-order valence-corrected chi connectivity index (χ3v) is 10.5. The third-order valence-electron chi connectivity index (χ3n) is 10.5. The van der Waals surface area contributed by atoms with Crippen LogP contribution in [0.15, 0.2) is 134 Å². The summed E-state index contributed by atoms with van der Waals surface area (Å²) in [4.78, 5) is 38.0. The SMILES string of the molecule is CC\C=C/C=C\C=C/C=C\C=C/CCCCCC(=O)OCC(COC(=O)CCCCCCCCC/C=C\CCCCCCCC)OC(=O)CC/C=C\C/C=C\C/C=C\C/C=C\C/C=C\CC. The van der Waals surface area contributed by atoms with Crippen molar-refractivity contribution in [2.24, 2.45) is 0 Å². The molecule has 0 aromatic carbocycles. The molecule has 1 unspecified atom stereocenters. The van der Waals surface area contributed by atoms with E-state index in [0.717, 1.165) is 77.0 Å². The predicted octanol–water partition coefficient (Wildman–Crippen LogP) is 17.5. The topological polar surface area (TPSA) is 78.9 Å². The van der Waals surface area contributed by atoms with Crippen LogP contribution in [0.4, 0.5) is 0 Å². The van der Waals surface area contributed by atoms with E-state index in [1.54, 1.807) is 0 Å². The van der Waals surface area contributed by atoms with Gasteiger partial charge in [0.25, 0.3) is 0 Å². The molecule has 0 amide bonds. The van der Waals surface area contributed by atoms with Gasteiger partial charge in [0, 0.05) is 19.3 Å². The summed E-state index contributed by atoms with van der Waals surface area (Å²) in [5, 5.41) is 0. The monoisotopic (exact) mass is 911 g/mol. The van der Waals surface area contributed by atoms with E-state index < -0.39 is 12.1 Å². The molecule has 0 N–H and O–H groups in total. The summed E-state index contributed by atoms with van der Waals surface area (Å²) in [5.74, 6) is -1.07. The smallest absolute Gasteiger partial charge is 0.306 e. The van der Waals surface area contributed by atoms with Crippen molar-refractivity contribution < 1.29 is 28.6 Å². The second kappa shape index (κ2) is 53.2. The highest BCUT2D eigenvalue weighted by Crippen LogP contribution is 2.13. The van der Waals surface area contributed by atoms with E-state index in [0.29, 0.717) is 19.3 Å². The van der Waals surface area contributed by atoms with Crippen molar-refractivity contribution >= 4 is 17.9 Å². The number of hydrogen-bond donors (Lipinski definition) is 0. The third kappa shape index (κ3) is 50.5. The Morgan fingerprint density at radius 2 is 0.697 bits per heavy atom. The van der Waals surface area contributed by atoms with Gasteiger partial charge < -0.3 is 14.2 Å². The number of hydrogen-bond acceptors (Lipinski definition) is 6. The lowest BCUT2D eigenvalue weighted by molar-refractivity contribution is -0.166. The molecule has 0 heterocycles. The van der Waals surface area contributed by atoms with Gasteiger partial charge in [0.1, 0.15) is 13.2 Å². The average molecular weight is 911 g/mol. The quantitative estimate of drug-likeness (QED) is 0.0199. The minimum absolute atomic E-state index is 0.128. The normalized spacial score (nSPS) is 13.2. The molecule has 0 fully saturated rings. The Labute approximate surface area is 405 Å². The molecule has 0 aliphatic heterocycles. The van der Waals surface area contributed by atoms with Gasteiger partial charge >= 0.3 is 17.9 Å². The van der Waals surface area contributed by atoms with Gasteiger partial charge in [-0.25, -0.2) is 0 Å². The second-order valence-corrected chi connectivity index (χ2v) is 16.8. The lowest BCUT2D eigenvalue weighted by atomic mass is 10.1. The van der Waals surface area contributed by atoms with Crippen LogP contribution in [0, 0.1) is 0 Å². The molecule has 0 aliphatic carbocycles. The molecule has 0 saturated carbocycles. The van der Waals surface area contributed by atoms with E-state index >= 15 is 0 Å². The van der Waals surface area contributed by atoms with Crippen molar-refractivity contribution in [3.8, 4) is 0 Å². The number of carbonyl (C=O) groups excluding carboxylic acids is 3. The number of unbranched alkanes of at least 4 members (excludes halogenated alkanes) is 16. The van der Waals surface area contributed by atoms with Gasteiger partial charge in [-0.3, -0.25) is 14.4 Å². The zero-order chi connectivity index (χ0) is 47.9. The van der Waals surface area contributed by atoms with Gasteiger partial charge in [0.05, 0.1) is 0 Å². The van der Waals surface area contributed by atoms with Crippen LogP contribution < -0.4 is 0 Å². The molecule has 6 heteroatoms. The lowest BCUT2D eigenvalue weighted by Gasteiger charge is -2.18. The molecule has 1 atom stereocenters. The Balaban J connectivity index is 4.59. The number of ether oxygens (including phenoxy) is 3. The van der Waals surface area contributed by atoms with Gasteiger partial charge in [-0.1, -0.05) is 225 Å². The van der Waals surface area contributed by atoms with Gasteiger partial charge in [0.15, 0.2) is 6.10 Å².